The monoisotopic (exact) mass is 335 g/mol. The summed E-state index contributed by atoms with van der Waals surface area (Å²) in [6.45, 7) is 11.2. The zero-order valence-electron chi connectivity index (χ0n) is 15.1. The van der Waals surface area contributed by atoms with Crippen LogP contribution in [-0.2, 0) is 9.59 Å². The Morgan fingerprint density at radius 2 is 1.88 bits per heavy atom. The maximum Gasteiger partial charge on any atom is 0.321 e. The Labute approximate surface area is 144 Å². The number of nitrogens with one attached hydrogen (secondary N) is 2. The first kappa shape index (κ1) is 20.1. The van der Waals surface area contributed by atoms with Crippen LogP contribution < -0.4 is 10.6 Å². The Morgan fingerprint density at radius 1 is 1.21 bits per heavy atom. The van der Waals surface area contributed by atoms with Crippen LogP contribution in [0.1, 0.15) is 31.4 Å². The van der Waals surface area contributed by atoms with E-state index in [4.69, 9.17) is 0 Å². The van der Waals surface area contributed by atoms with Crippen molar-refractivity contribution in [3.63, 3.8) is 0 Å². The minimum absolute atomic E-state index is 0.0963. The highest BCUT2D eigenvalue weighted by molar-refractivity contribution is 5.94. The van der Waals surface area contributed by atoms with Gasteiger partial charge < -0.3 is 20.6 Å². The number of benzene rings is 1. The fourth-order valence-electron chi connectivity index (χ4n) is 2.46. The van der Waals surface area contributed by atoms with E-state index in [1.165, 1.54) is 0 Å². The molecule has 1 aromatic carbocycles. The Hall–Kier alpha value is -1.92. The summed E-state index contributed by atoms with van der Waals surface area (Å²) in [5.74, 6) is -1.31. The van der Waals surface area contributed by atoms with Crippen molar-refractivity contribution >= 4 is 17.6 Å². The molecule has 3 N–H and O–H groups in total. The minimum Gasteiger partial charge on any atom is -0.480 e. The first-order chi connectivity index (χ1) is 11.4. The maximum absolute atomic E-state index is 12.2. The van der Waals surface area contributed by atoms with Gasteiger partial charge in [-0.15, -0.1) is 0 Å². The second kappa shape index (κ2) is 10.1. The largest absolute Gasteiger partial charge is 0.480 e. The topological polar surface area (TPSA) is 81.7 Å². The average molecular weight is 335 g/mol. The average Bonchev–Trinajstić information content (AvgIpc) is 2.54. The summed E-state index contributed by atoms with van der Waals surface area (Å²) in [6, 6.07) is 4.78. The molecule has 0 saturated carbocycles. The van der Waals surface area contributed by atoms with Gasteiger partial charge in [-0.3, -0.25) is 9.59 Å². The summed E-state index contributed by atoms with van der Waals surface area (Å²) < 4.78 is 0. The van der Waals surface area contributed by atoms with E-state index < -0.39 is 12.0 Å². The molecule has 0 fully saturated rings. The quantitative estimate of drug-likeness (QED) is 0.609. The minimum atomic E-state index is -1.01. The molecule has 6 heteroatoms. The van der Waals surface area contributed by atoms with Crippen molar-refractivity contribution in [3.8, 4) is 0 Å². The number of carbonyl (C=O) groups excluding carboxylic acids is 1. The van der Waals surface area contributed by atoms with Gasteiger partial charge in [0.2, 0.25) is 5.91 Å². The van der Waals surface area contributed by atoms with E-state index in [1.54, 1.807) is 0 Å². The van der Waals surface area contributed by atoms with Gasteiger partial charge in [0.25, 0.3) is 0 Å². The number of carboxylic acids is 1. The Bertz CT molecular complexity index is 556. The summed E-state index contributed by atoms with van der Waals surface area (Å²) in [6.07, 6.45) is -0.0963. The normalized spacial score (nSPS) is 12.2. The number of carbonyl (C=O) groups is 2. The first-order valence-corrected chi connectivity index (χ1v) is 8.43. The molecule has 1 aromatic rings. The van der Waals surface area contributed by atoms with Crippen LogP contribution in [0.15, 0.2) is 18.2 Å². The van der Waals surface area contributed by atoms with Crippen LogP contribution in [0, 0.1) is 13.8 Å². The van der Waals surface area contributed by atoms with Crippen molar-refractivity contribution in [2.24, 2.45) is 0 Å². The number of hydrogen-bond acceptors (Lipinski definition) is 4. The van der Waals surface area contributed by atoms with Gasteiger partial charge in [-0.25, -0.2) is 0 Å². The number of nitrogens with zero attached hydrogens (tertiary/aromatic N) is 1. The van der Waals surface area contributed by atoms with Gasteiger partial charge in [0.05, 0.1) is 6.42 Å². The van der Waals surface area contributed by atoms with Crippen LogP contribution in [-0.4, -0.2) is 54.1 Å². The van der Waals surface area contributed by atoms with E-state index in [9.17, 15) is 14.7 Å². The van der Waals surface area contributed by atoms with Crippen LogP contribution in [0.5, 0.6) is 0 Å². The molecule has 0 radical (unpaired) electrons. The van der Waals surface area contributed by atoms with Gasteiger partial charge in [0.1, 0.15) is 6.04 Å². The SMILES string of the molecule is CCN(CC)CCN[C@@H](CC(=O)Nc1cccc(C)c1C)C(=O)O. The Kier molecular flexibility index (Phi) is 8.43. The predicted octanol–water partition coefficient (Wildman–Crippen LogP) is 2.02. The third kappa shape index (κ3) is 6.29. The number of hydrogen-bond donors (Lipinski definition) is 3. The lowest BCUT2D eigenvalue weighted by molar-refractivity contribution is -0.141. The molecule has 0 aliphatic rings. The fourth-order valence-corrected chi connectivity index (χ4v) is 2.46. The number of likely N-dealkylation sites (N-methyl/N-ethyl adjacent to an activating group) is 1. The van der Waals surface area contributed by atoms with Gasteiger partial charge in [-0.05, 0) is 44.1 Å². The van der Waals surface area contributed by atoms with Crippen molar-refractivity contribution in [2.45, 2.75) is 40.2 Å². The molecular formula is C18H29N3O3. The van der Waals surface area contributed by atoms with E-state index in [0.717, 1.165) is 36.4 Å². The molecule has 0 aromatic heterocycles. The molecule has 134 valence electrons. The summed E-state index contributed by atoms with van der Waals surface area (Å²) >= 11 is 0. The predicted molar refractivity (Wildman–Crippen MR) is 96.4 cm³/mol. The number of anilines is 1. The summed E-state index contributed by atoms with van der Waals surface area (Å²) in [7, 11) is 0. The highest BCUT2D eigenvalue weighted by Gasteiger charge is 2.21. The van der Waals surface area contributed by atoms with Crippen molar-refractivity contribution in [1.82, 2.24) is 10.2 Å². The molecule has 0 heterocycles. The van der Waals surface area contributed by atoms with E-state index in [2.05, 4.69) is 29.4 Å². The van der Waals surface area contributed by atoms with Crippen molar-refractivity contribution in [3.05, 3.63) is 29.3 Å². The van der Waals surface area contributed by atoms with Crippen LogP contribution >= 0.6 is 0 Å². The van der Waals surface area contributed by atoms with Gasteiger partial charge >= 0.3 is 5.97 Å². The Balaban J connectivity index is 2.56. The first-order valence-electron chi connectivity index (χ1n) is 8.43. The lowest BCUT2D eigenvalue weighted by Gasteiger charge is -2.20. The van der Waals surface area contributed by atoms with Gasteiger partial charge in [-0.2, -0.15) is 0 Å². The van der Waals surface area contributed by atoms with Crippen molar-refractivity contribution in [2.75, 3.05) is 31.5 Å². The molecule has 0 spiro atoms. The summed E-state index contributed by atoms with van der Waals surface area (Å²) in [5.41, 5.74) is 2.81. The second-order valence-electron chi connectivity index (χ2n) is 5.87. The smallest absolute Gasteiger partial charge is 0.321 e. The number of amides is 1. The molecule has 24 heavy (non-hydrogen) atoms. The highest BCUT2D eigenvalue weighted by atomic mass is 16.4. The van der Waals surface area contributed by atoms with E-state index in [0.29, 0.717) is 6.54 Å². The van der Waals surface area contributed by atoms with Gasteiger partial charge in [-0.1, -0.05) is 26.0 Å². The van der Waals surface area contributed by atoms with Crippen LogP contribution in [0.25, 0.3) is 0 Å². The molecule has 6 nitrogen and oxygen atoms in total. The van der Waals surface area contributed by atoms with Crippen LogP contribution in [0.4, 0.5) is 5.69 Å². The van der Waals surface area contributed by atoms with E-state index >= 15 is 0 Å². The molecule has 1 amide bonds. The van der Waals surface area contributed by atoms with Gasteiger partial charge in [0.15, 0.2) is 0 Å². The highest BCUT2D eigenvalue weighted by Crippen LogP contribution is 2.18. The molecule has 0 aliphatic heterocycles. The third-order valence-corrected chi connectivity index (χ3v) is 4.28. The lowest BCUT2D eigenvalue weighted by atomic mass is 10.1. The lowest BCUT2D eigenvalue weighted by Crippen LogP contribution is -2.43. The molecule has 1 atom stereocenters. The molecular weight excluding hydrogens is 306 g/mol. The zero-order chi connectivity index (χ0) is 18.1. The molecule has 0 saturated heterocycles. The van der Waals surface area contributed by atoms with Crippen LogP contribution in [0.2, 0.25) is 0 Å². The summed E-state index contributed by atoms with van der Waals surface area (Å²) in [4.78, 5) is 25.7. The van der Waals surface area contributed by atoms with Crippen molar-refractivity contribution < 1.29 is 14.7 Å². The van der Waals surface area contributed by atoms with Gasteiger partial charge in [0, 0.05) is 18.8 Å². The standard InChI is InChI=1S/C18H29N3O3/c1-5-21(6-2)11-10-19-16(18(23)24)12-17(22)20-15-9-7-8-13(3)14(15)4/h7-9,16,19H,5-6,10-12H2,1-4H3,(H,20,22)(H,23,24)/t16-/m0/s1. The number of aliphatic carboxylic acids is 1. The molecule has 0 aliphatic carbocycles. The van der Waals surface area contributed by atoms with E-state index in [-0.39, 0.29) is 12.3 Å². The van der Waals surface area contributed by atoms with Crippen molar-refractivity contribution in [1.29, 1.82) is 0 Å². The molecule has 0 bridgehead atoms. The Morgan fingerprint density at radius 3 is 2.46 bits per heavy atom. The van der Waals surface area contributed by atoms with Crippen LogP contribution in [0.3, 0.4) is 0 Å². The molecule has 0 unspecified atom stereocenters. The third-order valence-electron chi connectivity index (χ3n) is 4.28. The van der Waals surface area contributed by atoms with E-state index in [1.807, 2.05) is 32.0 Å². The fraction of sp³-hybridized carbons (Fsp3) is 0.556. The zero-order valence-corrected chi connectivity index (χ0v) is 15.1. The number of aryl methyl sites for hydroxylation is 1. The number of rotatable bonds is 10. The maximum atomic E-state index is 12.2. The second-order valence-corrected chi connectivity index (χ2v) is 5.87. The number of carboxylic acid groups (broad SMARTS) is 1. The molecule has 1 rings (SSSR count). The summed E-state index contributed by atoms with van der Waals surface area (Å²) in [5, 5.41) is 15.1.